The molecule has 1 saturated heterocycles. The van der Waals surface area contributed by atoms with Crippen molar-refractivity contribution in [1.29, 1.82) is 0 Å². The summed E-state index contributed by atoms with van der Waals surface area (Å²) < 4.78 is 10.8. The Morgan fingerprint density at radius 3 is 2.23 bits per heavy atom. The maximum Gasteiger partial charge on any atom is 0.407 e. The molecule has 2 N–H and O–H groups in total. The van der Waals surface area contributed by atoms with Crippen LogP contribution in [0.3, 0.4) is 0 Å². The molecule has 3 aliphatic rings. The number of ketones is 1. The van der Waals surface area contributed by atoms with Gasteiger partial charge in [0.15, 0.2) is 12.5 Å². The van der Waals surface area contributed by atoms with E-state index in [9.17, 15) is 14.4 Å². The quantitative estimate of drug-likeness (QED) is 0.210. The summed E-state index contributed by atoms with van der Waals surface area (Å²) >= 11 is 0. The van der Waals surface area contributed by atoms with Crippen LogP contribution in [-0.4, -0.2) is 73.7 Å². The van der Waals surface area contributed by atoms with Crippen molar-refractivity contribution in [3.05, 3.63) is 78.0 Å². The number of carbonyl (C=O) groups excluding carboxylic acids is 3. The van der Waals surface area contributed by atoms with Crippen LogP contribution >= 0.6 is 0 Å². The van der Waals surface area contributed by atoms with Gasteiger partial charge in [-0.25, -0.2) is 14.8 Å². The number of amidine groups is 1. The van der Waals surface area contributed by atoms with E-state index in [4.69, 9.17) is 14.5 Å². The lowest BCUT2D eigenvalue weighted by atomic mass is 9.77. The van der Waals surface area contributed by atoms with Gasteiger partial charge in [0, 0.05) is 60.9 Å². The zero-order valence-corrected chi connectivity index (χ0v) is 30.3. The van der Waals surface area contributed by atoms with Gasteiger partial charge in [0.2, 0.25) is 5.91 Å². The Kier molecular flexibility index (Phi) is 12.1. The fourth-order valence-corrected chi connectivity index (χ4v) is 6.88. The smallest absolute Gasteiger partial charge is 0.407 e. The Balaban J connectivity index is 1.09. The molecule has 0 radical (unpaired) electrons. The molecule has 2 aliphatic heterocycles. The fraction of sp³-hybridized carbons (Fsp3) is 0.475. The maximum atomic E-state index is 13.8. The molecule has 6 rings (SSSR count). The summed E-state index contributed by atoms with van der Waals surface area (Å²) in [4.78, 5) is 50.9. The molecule has 3 heterocycles. The minimum atomic E-state index is -0.549. The minimum Gasteiger partial charge on any atom is -0.444 e. The van der Waals surface area contributed by atoms with E-state index in [1.807, 2.05) is 81.6 Å². The van der Waals surface area contributed by atoms with Crippen molar-refractivity contribution >= 4 is 35.1 Å². The molecule has 274 valence electrons. The molecule has 2 aromatic carbocycles. The van der Waals surface area contributed by atoms with Crippen LogP contribution in [0.2, 0.25) is 0 Å². The van der Waals surface area contributed by atoms with E-state index in [2.05, 4.69) is 36.8 Å². The van der Waals surface area contributed by atoms with Crippen LogP contribution in [0.1, 0.15) is 64.0 Å². The topological polar surface area (TPSA) is 147 Å². The number of nitrogens with zero attached hydrogens (tertiary/aromatic N) is 5. The van der Waals surface area contributed by atoms with Crippen LogP contribution < -0.4 is 15.5 Å². The van der Waals surface area contributed by atoms with Gasteiger partial charge < -0.3 is 25.0 Å². The number of pyridine rings is 1. The van der Waals surface area contributed by atoms with Crippen molar-refractivity contribution in [3.63, 3.8) is 0 Å². The number of amides is 2. The molecule has 12 heteroatoms. The molecule has 0 unspecified atom stereocenters. The summed E-state index contributed by atoms with van der Waals surface area (Å²) in [5, 5.41) is 13.9. The molecular weight excluding hydrogens is 658 g/mol. The number of hydrogen-bond acceptors (Lipinski definition) is 10. The van der Waals surface area contributed by atoms with Gasteiger partial charge in [0.1, 0.15) is 17.2 Å². The highest BCUT2D eigenvalue weighted by Gasteiger charge is 2.31. The van der Waals surface area contributed by atoms with Crippen molar-refractivity contribution in [2.24, 2.45) is 33.0 Å². The van der Waals surface area contributed by atoms with Gasteiger partial charge in [-0.15, -0.1) is 5.11 Å². The van der Waals surface area contributed by atoms with E-state index in [0.717, 1.165) is 66.8 Å². The summed E-state index contributed by atoms with van der Waals surface area (Å²) in [6, 6.07) is 19.6. The van der Waals surface area contributed by atoms with Crippen LogP contribution in [0, 0.1) is 17.8 Å². The van der Waals surface area contributed by atoms with E-state index in [1.165, 1.54) is 0 Å². The Labute approximate surface area is 305 Å². The molecule has 0 spiro atoms. The number of aromatic nitrogens is 1. The van der Waals surface area contributed by atoms with Crippen molar-refractivity contribution in [3.8, 4) is 11.1 Å². The first-order valence-corrected chi connectivity index (χ1v) is 18.3. The molecule has 52 heavy (non-hydrogen) atoms. The summed E-state index contributed by atoms with van der Waals surface area (Å²) in [5.41, 5.74) is 3.95. The Morgan fingerprint density at radius 2 is 1.60 bits per heavy atom. The SMILES string of the molecule is CC(C)(C)OC(=O)NCC1CCC(C(=O)C[C@@H](Cc2ccc(-c3ccc(N4CCOCC4)nc3)cc2)C(=O)Nc2ccc(C3=NCN=N3)cc2)CC1. The van der Waals surface area contributed by atoms with Gasteiger partial charge in [-0.2, -0.15) is 5.11 Å². The number of rotatable bonds is 12. The summed E-state index contributed by atoms with van der Waals surface area (Å²) in [6.07, 6.45) is 5.21. The Bertz CT molecular complexity index is 1740. The molecule has 1 atom stereocenters. The Hall–Kier alpha value is -4.97. The molecule has 12 nitrogen and oxygen atoms in total. The van der Waals surface area contributed by atoms with Crippen LogP contribution in [0.25, 0.3) is 11.1 Å². The van der Waals surface area contributed by atoms with E-state index in [-0.39, 0.29) is 24.0 Å². The second-order valence-corrected chi connectivity index (χ2v) is 14.8. The first-order chi connectivity index (χ1) is 25.1. The van der Waals surface area contributed by atoms with Gasteiger partial charge in [0.25, 0.3) is 0 Å². The number of aliphatic imine (C=N–C) groups is 1. The summed E-state index contributed by atoms with van der Waals surface area (Å²) in [6.45, 7) is 9.46. The number of carbonyl (C=O) groups is 3. The number of anilines is 2. The normalized spacial score (nSPS) is 19.4. The number of nitrogens with one attached hydrogen (secondary N) is 2. The van der Waals surface area contributed by atoms with Gasteiger partial charge in [-0.1, -0.05) is 24.3 Å². The predicted molar refractivity (Wildman–Crippen MR) is 201 cm³/mol. The molecule has 0 bridgehead atoms. The van der Waals surface area contributed by atoms with Crippen LogP contribution in [0.5, 0.6) is 0 Å². The zero-order valence-electron chi connectivity index (χ0n) is 30.3. The van der Waals surface area contributed by atoms with Gasteiger partial charge in [-0.05, 0) is 106 Å². The van der Waals surface area contributed by atoms with E-state index >= 15 is 0 Å². The Morgan fingerprint density at radius 1 is 0.904 bits per heavy atom. The van der Waals surface area contributed by atoms with Crippen molar-refractivity contribution in [1.82, 2.24) is 10.3 Å². The third kappa shape index (κ3) is 10.3. The van der Waals surface area contributed by atoms with E-state index in [0.29, 0.717) is 50.3 Å². The van der Waals surface area contributed by atoms with Crippen LogP contribution in [-0.2, 0) is 25.5 Å². The van der Waals surface area contributed by atoms with Gasteiger partial charge >= 0.3 is 6.09 Å². The minimum absolute atomic E-state index is 0.107. The van der Waals surface area contributed by atoms with Crippen LogP contribution in [0.15, 0.2) is 82.1 Å². The lowest BCUT2D eigenvalue weighted by molar-refractivity contribution is -0.129. The van der Waals surface area contributed by atoms with Crippen molar-refractivity contribution in [2.75, 3.05) is 49.7 Å². The molecular formula is C40H49N7O5. The standard InChI is InChI=1S/C40H49N7O5/c1-40(2,3)52-39(50)42-24-28-6-10-30(11-7-28)35(48)23-33(38(49)45-34-15-12-31(13-16-34)37-43-26-44-46-37)22-27-4-8-29(9-5-27)32-14-17-36(41-25-32)47-18-20-51-21-19-47/h4-5,8-9,12-17,25,28,30,33H,6-7,10-11,18-24,26H2,1-3H3,(H,42,50)(H,45,49)/t28?,30?,33-/m1/s1. The predicted octanol–water partition coefficient (Wildman–Crippen LogP) is 6.84. The lowest BCUT2D eigenvalue weighted by Gasteiger charge is -2.29. The second kappa shape index (κ2) is 17.0. The number of azo groups is 1. The summed E-state index contributed by atoms with van der Waals surface area (Å²) in [5.74, 6) is 1.07. The highest BCUT2D eigenvalue weighted by molar-refractivity contribution is 6.01. The van der Waals surface area contributed by atoms with E-state index in [1.54, 1.807) is 0 Å². The first-order valence-electron chi connectivity index (χ1n) is 18.3. The lowest BCUT2D eigenvalue weighted by Crippen LogP contribution is -2.37. The number of Topliss-reactive ketones (excluding diaryl/α,β-unsaturated/α-hetero) is 1. The average molecular weight is 708 g/mol. The van der Waals surface area contributed by atoms with Crippen LogP contribution in [0.4, 0.5) is 16.3 Å². The highest BCUT2D eigenvalue weighted by Crippen LogP contribution is 2.32. The fourth-order valence-electron chi connectivity index (χ4n) is 6.88. The molecule has 3 aromatic rings. The highest BCUT2D eigenvalue weighted by atomic mass is 16.6. The monoisotopic (exact) mass is 707 g/mol. The van der Waals surface area contributed by atoms with Crippen molar-refractivity contribution in [2.45, 2.75) is 64.9 Å². The summed E-state index contributed by atoms with van der Waals surface area (Å²) in [7, 11) is 0. The third-order valence-corrected chi connectivity index (χ3v) is 9.77. The van der Waals surface area contributed by atoms with E-state index < -0.39 is 17.6 Å². The molecule has 1 aliphatic carbocycles. The molecule has 2 amide bonds. The first kappa shape index (κ1) is 36.8. The molecule has 1 saturated carbocycles. The zero-order chi connectivity index (χ0) is 36.5. The number of alkyl carbamates (subject to hydrolysis) is 1. The molecule has 1 aromatic heterocycles. The second-order valence-electron chi connectivity index (χ2n) is 14.8. The van der Waals surface area contributed by atoms with Gasteiger partial charge in [-0.3, -0.25) is 9.59 Å². The number of hydrogen-bond donors (Lipinski definition) is 2. The maximum absolute atomic E-state index is 13.8. The van der Waals surface area contributed by atoms with Crippen molar-refractivity contribution < 1.29 is 23.9 Å². The average Bonchev–Trinajstić information content (AvgIpc) is 3.70. The molecule has 2 fully saturated rings. The van der Waals surface area contributed by atoms with Gasteiger partial charge in [0.05, 0.1) is 13.2 Å². The number of ether oxygens (including phenoxy) is 2. The number of benzene rings is 2. The largest absolute Gasteiger partial charge is 0.444 e. The third-order valence-electron chi connectivity index (χ3n) is 9.77. The number of morpholine rings is 1.